The predicted octanol–water partition coefficient (Wildman–Crippen LogP) is 9.20. The first-order valence-corrected chi connectivity index (χ1v) is 19.8. The number of para-hydroxylation sites is 4. The maximum Gasteiger partial charge on any atom is 0.266 e. The highest BCUT2D eigenvalue weighted by atomic mass is 28.3. The van der Waals surface area contributed by atoms with Gasteiger partial charge in [-0.05, 0) is 76.1 Å². The van der Waals surface area contributed by atoms with Gasteiger partial charge in [0.1, 0.15) is 8.07 Å². The maximum absolute atomic E-state index is 14.0. The number of imide groups is 1. The molecular weight excluding hydrogens is 619 g/mol. The number of hydrogen-bond acceptors (Lipinski definition) is 4. The number of hydrogen-bond donors (Lipinski definition) is 0. The first kappa shape index (κ1) is 29.4. The Bertz CT molecular complexity index is 2120. The fourth-order valence-electron chi connectivity index (χ4n) is 8.29. The van der Waals surface area contributed by atoms with Gasteiger partial charge in [0.25, 0.3) is 11.8 Å². The normalized spacial score (nSPS) is 16.4. The van der Waals surface area contributed by atoms with Crippen LogP contribution < -0.4 is 25.1 Å². The SMILES string of the molecule is CC1(C)c2ccccc2N(c2cc(N3C(=O)c4ccccc4C3=O)cc(N3c4ccccc4[Si](C)(C)c4ccccc43)c2)c2ccccc21. The number of nitrogens with zero attached hydrogens (tertiary/aromatic N) is 3. The first-order chi connectivity index (χ1) is 23.7. The van der Waals surface area contributed by atoms with E-state index in [-0.39, 0.29) is 17.2 Å². The van der Waals surface area contributed by atoms with Crippen LogP contribution in [0.15, 0.2) is 140 Å². The minimum atomic E-state index is -2.04. The second kappa shape index (κ2) is 10.4. The number of anilines is 7. The Hall–Kier alpha value is -5.72. The molecule has 0 saturated heterocycles. The molecule has 0 spiro atoms. The molecule has 238 valence electrons. The zero-order valence-electron chi connectivity index (χ0n) is 27.9. The quantitative estimate of drug-likeness (QED) is 0.141. The van der Waals surface area contributed by atoms with Crippen LogP contribution in [-0.4, -0.2) is 19.9 Å². The van der Waals surface area contributed by atoms with Crippen molar-refractivity contribution < 1.29 is 9.59 Å². The number of fused-ring (bicyclic) bond motifs is 5. The van der Waals surface area contributed by atoms with Crippen LogP contribution in [0.4, 0.5) is 39.8 Å². The molecule has 0 aromatic heterocycles. The summed E-state index contributed by atoms with van der Waals surface area (Å²) >= 11 is 0. The van der Waals surface area contributed by atoms with E-state index in [0.29, 0.717) is 16.8 Å². The van der Waals surface area contributed by atoms with Crippen LogP contribution in [0.25, 0.3) is 0 Å². The van der Waals surface area contributed by atoms with Gasteiger partial charge in [0.05, 0.1) is 39.6 Å². The van der Waals surface area contributed by atoms with Crippen molar-refractivity contribution in [3.8, 4) is 0 Å². The summed E-state index contributed by atoms with van der Waals surface area (Å²) in [6, 6.07) is 47.8. The predicted molar refractivity (Wildman–Crippen MR) is 202 cm³/mol. The third-order valence-electron chi connectivity index (χ3n) is 10.7. The van der Waals surface area contributed by atoms with Crippen molar-refractivity contribution in [1.29, 1.82) is 0 Å². The van der Waals surface area contributed by atoms with Crippen molar-refractivity contribution in [1.82, 2.24) is 0 Å². The number of amides is 2. The van der Waals surface area contributed by atoms with Gasteiger partial charge >= 0.3 is 0 Å². The van der Waals surface area contributed by atoms with E-state index >= 15 is 0 Å². The first-order valence-electron chi connectivity index (χ1n) is 16.8. The molecule has 0 N–H and O–H groups in total. The fraction of sp³-hybridized carbons (Fsp3) is 0.116. The zero-order valence-corrected chi connectivity index (χ0v) is 28.9. The molecule has 5 nitrogen and oxygen atoms in total. The third kappa shape index (κ3) is 4.10. The van der Waals surface area contributed by atoms with E-state index in [9.17, 15) is 9.59 Å². The Balaban J connectivity index is 1.34. The lowest BCUT2D eigenvalue weighted by molar-refractivity contribution is 0.0926. The topological polar surface area (TPSA) is 43.9 Å². The second-order valence-corrected chi connectivity index (χ2v) is 18.5. The molecule has 2 amide bonds. The van der Waals surface area contributed by atoms with Crippen LogP contribution in [0.2, 0.25) is 13.1 Å². The van der Waals surface area contributed by atoms with Gasteiger partial charge in [0.15, 0.2) is 0 Å². The molecule has 0 unspecified atom stereocenters. The summed E-state index contributed by atoms with van der Waals surface area (Å²) in [4.78, 5) is 34.0. The summed E-state index contributed by atoms with van der Waals surface area (Å²) in [6.45, 7) is 9.36. The average Bonchev–Trinajstić information content (AvgIpc) is 3.37. The Morgan fingerprint density at radius 1 is 0.449 bits per heavy atom. The number of rotatable bonds is 3. The van der Waals surface area contributed by atoms with E-state index in [2.05, 4.69) is 140 Å². The van der Waals surface area contributed by atoms with Gasteiger partial charge < -0.3 is 9.80 Å². The number of carbonyl (C=O) groups is 2. The monoisotopic (exact) mass is 653 g/mol. The number of carbonyl (C=O) groups excluding carboxylic acids is 2. The Morgan fingerprint density at radius 2 is 0.796 bits per heavy atom. The second-order valence-electron chi connectivity index (χ2n) is 14.2. The molecule has 0 aliphatic carbocycles. The van der Waals surface area contributed by atoms with Gasteiger partial charge in [-0.3, -0.25) is 9.59 Å². The lowest BCUT2D eigenvalue weighted by Crippen LogP contribution is -2.58. The van der Waals surface area contributed by atoms with E-state index < -0.39 is 8.07 Å². The maximum atomic E-state index is 14.0. The molecule has 6 aromatic carbocycles. The summed E-state index contributed by atoms with van der Waals surface area (Å²) < 4.78 is 0. The Morgan fingerprint density at radius 3 is 1.27 bits per heavy atom. The standard InChI is InChI=1S/C43H35N3O2Si/c1-43(2)33-17-7-9-19-35(33)44(36-20-10-8-18-34(36)43)28-25-29(27-30(26-28)46-41(47)31-15-5-6-16-32(31)42(46)48)45-37-21-11-13-23-39(37)49(3,4)40-24-14-12-22-38(40)45/h5-27H,1-4H3. The molecule has 0 radical (unpaired) electrons. The number of benzene rings is 6. The summed E-state index contributed by atoms with van der Waals surface area (Å²) in [5.74, 6) is -0.616. The van der Waals surface area contributed by atoms with Gasteiger partial charge in [0, 0.05) is 16.8 Å². The van der Waals surface area contributed by atoms with Crippen molar-refractivity contribution in [2.75, 3.05) is 14.7 Å². The molecule has 3 aliphatic heterocycles. The lowest BCUT2D eigenvalue weighted by atomic mass is 9.73. The van der Waals surface area contributed by atoms with Crippen LogP contribution >= 0.6 is 0 Å². The highest BCUT2D eigenvalue weighted by molar-refractivity contribution is 7.02. The minimum Gasteiger partial charge on any atom is -0.311 e. The van der Waals surface area contributed by atoms with Crippen LogP contribution in [0.1, 0.15) is 45.7 Å². The van der Waals surface area contributed by atoms with E-state index in [1.54, 1.807) is 12.1 Å². The van der Waals surface area contributed by atoms with E-state index in [1.165, 1.54) is 26.4 Å². The molecule has 0 saturated carbocycles. The molecule has 49 heavy (non-hydrogen) atoms. The van der Waals surface area contributed by atoms with Crippen molar-refractivity contribution in [3.05, 3.63) is 162 Å². The molecule has 3 heterocycles. The van der Waals surface area contributed by atoms with Crippen molar-refractivity contribution in [2.24, 2.45) is 0 Å². The molecule has 3 aliphatic rings. The third-order valence-corrected chi connectivity index (χ3v) is 14.3. The summed E-state index contributed by atoms with van der Waals surface area (Å²) in [7, 11) is -2.04. The van der Waals surface area contributed by atoms with Crippen LogP contribution in [0, 0.1) is 0 Å². The zero-order chi connectivity index (χ0) is 33.7. The Kier molecular flexibility index (Phi) is 6.24. The minimum absolute atomic E-state index is 0.229. The molecule has 6 aromatic rings. The Labute approximate surface area is 287 Å². The summed E-state index contributed by atoms with van der Waals surface area (Å²) in [5.41, 5.74) is 9.74. The highest BCUT2D eigenvalue weighted by Crippen LogP contribution is 2.53. The average molecular weight is 654 g/mol. The van der Waals surface area contributed by atoms with E-state index in [4.69, 9.17) is 0 Å². The van der Waals surface area contributed by atoms with Gasteiger partial charge in [-0.15, -0.1) is 0 Å². The largest absolute Gasteiger partial charge is 0.311 e. The summed E-state index contributed by atoms with van der Waals surface area (Å²) in [6.07, 6.45) is 0. The van der Waals surface area contributed by atoms with Gasteiger partial charge in [-0.1, -0.05) is 112 Å². The molecule has 0 fully saturated rings. The highest BCUT2D eigenvalue weighted by Gasteiger charge is 2.42. The van der Waals surface area contributed by atoms with Crippen LogP contribution in [-0.2, 0) is 5.41 Å². The molecular formula is C43H35N3O2Si. The molecule has 9 rings (SSSR count). The summed E-state index contributed by atoms with van der Waals surface area (Å²) in [5, 5.41) is 2.69. The van der Waals surface area contributed by atoms with Crippen molar-refractivity contribution in [2.45, 2.75) is 32.4 Å². The molecule has 6 heteroatoms. The lowest BCUT2D eigenvalue weighted by Gasteiger charge is -2.43. The molecule has 0 bridgehead atoms. The fourth-order valence-corrected chi connectivity index (χ4v) is 11.3. The van der Waals surface area contributed by atoms with Crippen LogP contribution in [0.3, 0.4) is 0 Å². The van der Waals surface area contributed by atoms with Gasteiger partial charge in [-0.2, -0.15) is 0 Å². The molecule has 0 atom stereocenters. The van der Waals surface area contributed by atoms with E-state index in [1.807, 2.05) is 24.3 Å². The van der Waals surface area contributed by atoms with Crippen molar-refractivity contribution in [3.63, 3.8) is 0 Å². The van der Waals surface area contributed by atoms with Crippen molar-refractivity contribution >= 4 is 70.1 Å². The smallest absolute Gasteiger partial charge is 0.266 e. The van der Waals surface area contributed by atoms with Crippen LogP contribution in [0.5, 0.6) is 0 Å². The van der Waals surface area contributed by atoms with Gasteiger partial charge in [0.2, 0.25) is 0 Å². The van der Waals surface area contributed by atoms with Gasteiger partial charge in [-0.25, -0.2) is 4.90 Å². The van der Waals surface area contributed by atoms with E-state index in [0.717, 1.165) is 34.1 Å².